The van der Waals surface area contributed by atoms with E-state index in [-0.39, 0.29) is 17.1 Å². The summed E-state index contributed by atoms with van der Waals surface area (Å²) in [5.74, 6) is -0.385. The molecule has 2 aromatic heterocycles. The van der Waals surface area contributed by atoms with Gasteiger partial charge in [-0.1, -0.05) is 17.3 Å². The van der Waals surface area contributed by atoms with Gasteiger partial charge in [0, 0.05) is 6.07 Å². The van der Waals surface area contributed by atoms with Crippen molar-refractivity contribution in [3.8, 4) is 0 Å². The van der Waals surface area contributed by atoms with Crippen LogP contribution in [0.2, 0.25) is 0 Å². The minimum atomic E-state index is -0.727. The first-order valence-electron chi connectivity index (χ1n) is 6.68. The summed E-state index contributed by atoms with van der Waals surface area (Å²) in [5.41, 5.74) is 0.843. The average molecular weight is 299 g/mol. The highest BCUT2D eigenvalue weighted by atomic mass is 16.6. The number of aromatic nitrogens is 3. The Bertz CT molecular complexity index is 897. The Morgan fingerprint density at radius 1 is 1.36 bits per heavy atom. The highest BCUT2D eigenvalue weighted by Crippen LogP contribution is 2.16. The largest absolute Gasteiger partial charge is 0.449 e. The quantitative estimate of drug-likeness (QED) is 0.744. The van der Waals surface area contributed by atoms with Crippen LogP contribution in [0.4, 0.5) is 0 Å². The minimum Gasteiger partial charge on any atom is -0.449 e. The summed E-state index contributed by atoms with van der Waals surface area (Å²) < 4.78 is 10.1. The monoisotopic (exact) mass is 299 g/mol. The number of H-pyrrole nitrogens is 1. The van der Waals surface area contributed by atoms with Crippen molar-refractivity contribution in [2.45, 2.75) is 20.0 Å². The number of carbonyl (C=O) groups is 1. The Morgan fingerprint density at radius 2 is 2.14 bits per heavy atom. The van der Waals surface area contributed by atoms with Crippen LogP contribution >= 0.6 is 0 Å². The molecule has 3 aromatic rings. The van der Waals surface area contributed by atoms with Crippen molar-refractivity contribution >= 4 is 16.9 Å². The summed E-state index contributed by atoms with van der Waals surface area (Å²) >= 11 is 0. The van der Waals surface area contributed by atoms with Gasteiger partial charge >= 0.3 is 5.97 Å². The van der Waals surface area contributed by atoms with E-state index < -0.39 is 12.1 Å². The van der Waals surface area contributed by atoms with Gasteiger partial charge in [0.1, 0.15) is 0 Å². The Kier molecular flexibility index (Phi) is 3.46. The molecule has 0 saturated carbocycles. The lowest BCUT2D eigenvalue weighted by Gasteiger charge is -2.11. The summed E-state index contributed by atoms with van der Waals surface area (Å²) in [4.78, 5) is 30.8. The Labute approximate surface area is 124 Å². The summed E-state index contributed by atoms with van der Waals surface area (Å²) in [7, 11) is 0. The number of hydrogen-bond acceptors (Lipinski definition) is 6. The van der Waals surface area contributed by atoms with E-state index in [9.17, 15) is 9.59 Å². The molecule has 22 heavy (non-hydrogen) atoms. The SMILES string of the molecule is Cc1cc(C(=O)O[C@@H](C)c2nc3ccccc3c(=O)[nH]2)on1. The molecule has 1 atom stereocenters. The number of carbonyl (C=O) groups excluding carboxylic acids is 1. The van der Waals surface area contributed by atoms with E-state index in [4.69, 9.17) is 9.26 Å². The Morgan fingerprint density at radius 3 is 2.86 bits per heavy atom. The maximum Gasteiger partial charge on any atom is 0.377 e. The van der Waals surface area contributed by atoms with Gasteiger partial charge in [-0.25, -0.2) is 9.78 Å². The Balaban J connectivity index is 1.87. The fourth-order valence-electron chi connectivity index (χ4n) is 2.03. The molecule has 0 amide bonds. The van der Waals surface area contributed by atoms with Crippen LogP contribution in [0.3, 0.4) is 0 Å². The zero-order valence-corrected chi connectivity index (χ0v) is 12.0. The molecule has 0 radical (unpaired) electrons. The van der Waals surface area contributed by atoms with Gasteiger partial charge in [-0.05, 0) is 26.0 Å². The molecule has 0 saturated heterocycles. The van der Waals surface area contributed by atoms with Gasteiger partial charge in [-0.2, -0.15) is 0 Å². The first-order valence-corrected chi connectivity index (χ1v) is 6.68. The molecule has 7 nitrogen and oxygen atoms in total. The number of aryl methyl sites for hydroxylation is 1. The van der Waals surface area contributed by atoms with Crippen LogP contribution in [0.25, 0.3) is 10.9 Å². The second-order valence-corrected chi connectivity index (χ2v) is 4.85. The number of esters is 1. The van der Waals surface area contributed by atoms with Crippen LogP contribution in [0, 0.1) is 6.92 Å². The molecule has 0 fully saturated rings. The third kappa shape index (κ3) is 2.60. The third-order valence-corrected chi connectivity index (χ3v) is 3.13. The fraction of sp³-hybridized carbons (Fsp3) is 0.200. The smallest absolute Gasteiger partial charge is 0.377 e. The summed E-state index contributed by atoms with van der Waals surface area (Å²) in [6, 6.07) is 8.42. The highest BCUT2D eigenvalue weighted by Gasteiger charge is 2.19. The van der Waals surface area contributed by atoms with Crippen LogP contribution in [-0.2, 0) is 4.74 Å². The number of aromatic amines is 1. The minimum absolute atomic E-state index is 0.00693. The predicted octanol–water partition coefficient (Wildman–Crippen LogP) is 2.14. The van der Waals surface area contributed by atoms with Gasteiger partial charge in [0.25, 0.3) is 5.56 Å². The third-order valence-electron chi connectivity index (χ3n) is 3.13. The highest BCUT2D eigenvalue weighted by molar-refractivity contribution is 5.86. The molecule has 0 bridgehead atoms. The van der Waals surface area contributed by atoms with Gasteiger partial charge in [0.15, 0.2) is 11.9 Å². The number of para-hydroxylation sites is 1. The van der Waals surface area contributed by atoms with Crippen molar-refractivity contribution in [3.63, 3.8) is 0 Å². The summed E-state index contributed by atoms with van der Waals surface area (Å²) in [6.45, 7) is 3.32. The zero-order chi connectivity index (χ0) is 15.7. The van der Waals surface area contributed by atoms with Gasteiger partial charge in [0.2, 0.25) is 5.76 Å². The van der Waals surface area contributed by atoms with E-state index in [1.165, 1.54) is 6.07 Å². The van der Waals surface area contributed by atoms with Crippen LogP contribution < -0.4 is 5.56 Å². The lowest BCUT2D eigenvalue weighted by molar-refractivity contribution is 0.0274. The van der Waals surface area contributed by atoms with Crippen LogP contribution in [-0.4, -0.2) is 21.1 Å². The molecular weight excluding hydrogens is 286 g/mol. The maximum atomic E-state index is 12.0. The lowest BCUT2D eigenvalue weighted by atomic mass is 10.2. The van der Waals surface area contributed by atoms with Crippen molar-refractivity contribution in [2.75, 3.05) is 0 Å². The van der Waals surface area contributed by atoms with Crippen LogP contribution in [0.15, 0.2) is 39.6 Å². The van der Waals surface area contributed by atoms with Gasteiger partial charge in [-0.3, -0.25) is 4.79 Å². The normalized spacial score (nSPS) is 12.3. The zero-order valence-electron chi connectivity index (χ0n) is 12.0. The number of nitrogens with one attached hydrogen (secondary N) is 1. The average Bonchev–Trinajstić information content (AvgIpc) is 2.94. The molecule has 112 valence electrons. The molecule has 0 aliphatic rings. The maximum absolute atomic E-state index is 12.0. The number of benzene rings is 1. The van der Waals surface area contributed by atoms with Crippen molar-refractivity contribution in [3.05, 3.63) is 58.0 Å². The predicted molar refractivity (Wildman–Crippen MR) is 77.4 cm³/mol. The number of ether oxygens (including phenoxy) is 1. The molecule has 1 N–H and O–H groups in total. The topological polar surface area (TPSA) is 98.1 Å². The van der Waals surface area contributed by atoms with Gasteiger partial charge in [-0.15, -0.1) is 0 Å². The van der Waals surface area contributed by atoms with Gasteiger partial charge in [0.05, 0.1) is 16.6 Å². The van der Waals surface area contributed by atoms with E-state index in [0.717, 1.165) is 0 Å². The molecule has 3 rings (SSSR count). The standard InChI is InChI=1S/C15H13N3O4/c1-8-7-12(22-18-8)15(20)21-9(2)13-16-11-6-4-3-5-10(11)14(19)17-13/h3-7,9H,1-2H3,(H,16,17,19)/t9-/m0/s1. The van der Waals surface area contributed by atoms with E-state index in [1.807, 2.05) is 0 Å². The molecule has 0 unspecified atom stereocenters. The first kappa shape index (κ1) is 14.0. The molecule has 0 aliphatic carbocycles. The van der Waals surface area contributed by atoms with E-state index in [1.54, 1.807) is 38.1 Å². The summed E-state index contributed by atoms with van der Waals surface area (Å²) in [6.07, 6.45) is -0.727. The van der Waals surface area contributed by atoms with Crippen molar-refractivity contribution in [2.24, 2.45) is 0 Å². The fourth-order valence-corrected chi connectivity index (χ4v) is 2.03. The molecular formula is C15H13N3O4. The molecule has 2 heterocycles. The molecule has 0 spiro atoms. The summed E-state index contributed by atoms with van der Waals surface area (Å²) in [5, 5.41) is 4.11. The van der Waals surface area contributed by atoms with Crippen LogP contribution in [0.1, 0.15) is 35.1 Å². The number of fused-ring (bicyclic) bond motifs is 1. The van der Waals surface area contributed by atoms with Crippen LogP contribution in [0.5, 0.6) is 0 Å². The van der Waals surface area contributed by atoms with Gasteiger partial charge < -0.3 is 14.2 Å². The van der Waals surface area contributed by atoms with E-state index in [2.05, 4.69) is 15.1 Å². The number of nitrogens with zero attached hydrogens (tertiary/aromatic N) is 2. The van der Waals surface area contributed by atoms with Crippen molar-refractivity contribution < 1.29 is 14.1 Å². The lowest BCUT2D eigenvalue weighted by Crippen LogP contribution is -2.17. The second-order valence-electron chi connectivity index (χ2n) is 4.85. The molecule has 1 aromatic carbocycles. The number of hydrogen-bond donors (Lipinski definition) is 1. The first-order chi connectivity index (χ1) is 10.5. The Hall–Kier alpha value is -2.96. The molecule has 7 heteroatoms. The molecule has 0 aliphatic heterocycles. The van der Waals surface area contributed by atoms with Crippen molar-refractivity contribution in [1.82, 2.24) is 15.1 Å². The number of rotatable bonds is 3. The second kappa shape index (κ2) is 5.44. The van der Waals surface area contributed by atoms with E-state index in [0.29, 0.717) is 16.6 Å². The van der Waals surface area contributed by atoms with Crippen molar-refractivity contribution in [1.29, 1.82) is 0 Å². The van der Waals surface area contributed by atoms with E-state index >= 15 is 0 Å².